The highest BCUT2D eigenvalue weighted by atomic mass is 16.2. The second-order valence-corrected chi connectivity index (χ2v) is 6.51. The lowest BCUT2D eigenvalue weighted by atomic mass is 9.85. The van der Waals surface area contributed by atoms with Gasteiger partial charge < -0.3 is 5.32 Å². The van der Waals surface area contributed by atoms with Crippen LogP contribution in [0.3, 0.4) is 0 Å². The van der Waals surface area contributed by atoms with Gasteiger partial charge in [0.1, 0.15) is 0 Å². The Morgan fingerprint density at radius 2 is 1.69 bits per heavy atom. The summed E-state index contributed by atoms with van der Waals surface area (Å²) in [7, 11) is 0. The zero-order chi connectivity index (χ0) is 12.6. The van der Waals surface area contributed by atoms with Crippen molar-refractivity contribution < 1.29 is 4.79 Å². The van der Waals surface area contributed by atoms with Crippen molar-refractivity contribution in [3.05, 3.63) is 23.4 Å². The fourth-order valence-electron chi connectivity index (χ4n) is 1.46. The van der Waals surface area contributed by atoms with Crippen molar-refractivity contribution in [2.24, 2.45) is 10.8 Å². The van der Waals surface area contributed by atoms with Gasteiger partial charge >= 0.3 is 0 Å². The van der Waals surface area contributed by atoms with E-state index in [1.807, 2.05) is 26.8 Å². The van der Waals surface area contributed by atoms with Gasteiger partial charge in [-0.15, -0.1) is 0 Å². The standard InChI is InChI=1S/C14H23NO/c1-13(2,3)10-7-8-11(9-10)15-12(16)14(4,5)6/h7-8H,9H2,1-6H3,(H,15,16). The van der Waals surface area contributed by atoms with Crippen molar-refractivity contribution >= 4 is 5.91 Å². The molecule has 0 fully saturated rings. The second-order valence-electron chi connectivity index (χ2n) is 6.51. The third-order valence-electron chi connectivity index (χ3n) is 2.79. The quantitative estimate of drug-likeness (QED) is 0.722. The van der Waals surface area contributed by atoms with E-state index in [9.17, 15) is 4.79 Å². The number of hydrogen-bond acceptors (Lipinski definition) is 1. The van der Waals surface area contributed by atoms with Crippen LogP contribution in [0, 0.1) is 10.8 Å². The molecule has 1 amide bonds. The number of amides is 1. The Labute approximate surface area is 98.8 Å². The number of carbonyl (C=O) groups is 1. The molecule has 0 unspecified atom stereocenters. The van der Waals surface area contributed by atoms with E-state index < -0.39 is 0 Å². The molecule has 0 heterocycles. The minimum Gasteiger partial charge on any atom is -0.329 e. The molecule has 0 spiro atoms. The first kappa shape index (κ1) is 13.0. The molecule has 1 aliphatic carbocycles. The van der Waals surface area contributed by atoms with Gasteiger partial charge in [-0.05, 0) is 11.5 Å². The molecule has 0 aliphatic heterocycles. The third kappa shape index (κ3) is 3.22. The Morgan fingerprint density at radius 1 is 1.12 bits per heavy atom. The molecule has 90 valence electrons. The molecule has 0 aromatic carbocycles. The van der Waals surface area contributed by atoms with Gasteiger partial charge in [0, 0.05) is 17.5 Å². The lowest BCUT2D eigenvalue weighted by Gasteiger charge is -2.22. The summed E-state index contributed by atoms with van der Waals surface area (Å²) in [4.78, 5) is 11.8. The maximum atomic E-state index is 11.8. The maximum absolute atomic E-state index is 11.8. The molecule has 0 atom stereocenters. The number of hydrogen-bond donors (Lipinski definition) is 1. The molecule has 1 rings (SSSR count). The Bertz CT molecular complexity index is 348. The first-order chi connectivity index (χ1) is 7.10. The lowest BCUT2D eigenvalue weighted by Crippen LogP contribution is -2.34. The van der Waals surface area contributed by atoms with Crippen LogP contribution in [0.25, 0.3) is 0 Å². The van der Waals surface area contributed by atoms with Crippen molar-refractivity contribution in [1.29, 1.82) is 0 Å². The summed E-state index contributed by atoms with van der Waals surface area (Å²) in [6.45, 7) is 12.4. The summed E-state index contributed by atoms with van der Waals surface area (Å²) in [5.41, 5.74) is 2.25. The highest BCUT2D eigenvalue weighted by Gasteiger charge is 2.25. The number of rotatable bonds is 1. The Hall–Kier alpha value is -1.05. The SMILES string of the molecule is CC(C)(C)C(=O)NC1=CC=C(C(C)(C)C)C1. The topological polar surface area (TPSA) is 29.1 Å². The van der Waals surface area contributed by atoms with Gasteiger partial charge in [-0.25, -0.2) is 0 Å². The molecule has 1 aliphatic rings. The van der Waals surface area contributed by atoms with Crippen molar-refractivity contribution in [2.45, 2.75) is 48.0 Å². The van der Waals surface area contributed by atoms with Crippen molar-refractivity contribution in [2.75, 3.05) is 0 Å². The molecule has 2 nitrogen and oxygen atoms in total. The van der Waals surface area contributed by atoms with Gasteiger partial charge in [0.2, 0.25) is 5.91 Å². The van der Waals surface area contributed by atoms with Crippen LogP contribution in [0.4, 0.5) is 0 Å². The van der Waals surface area contributed by atoms with Gasteiger partial charge in [-0.2, -0.15) is 0 Å². The van der Waals surface area contributed by atoms with Gasteiger partial charge in [0.15, 0.2) is 0 Å². The number of allylic oxidation sites excluding steroid dienone is 3. The van der Waals surface area contributed by atoms with Crippen molar-refractivity contribution in [3.63, 3.8) is 0 Å². The summed E-state index contributed by atoms with van der Waals surface area (Å²) in [5.74, 6) is 0.0855. The molecular weight excluding hydrogens is 198 g/mol. The van der Waals surface area contributed by atoms with E-state index in [1.54, 1.807) is 0 Å². The average molecular weight is 221 g/mol. The van der Waals surface area contributed by atoms with Crippen LogP contribution in [0.5, 0.6) is 0 Å². The molecule has 2 heteroatoms. The fourth-order valence-corrected chi connectivity index (χ4v) is 1.46. The van der Waals surface area contributed by atoms with E-state index >= 15 is 0 Å². The summed E-state index contributed by atoms with van der Waals surface area (Å²) in [6.07, 6.45) is 5.01. The second kappa shape index (κ2) is 4.08. The van der Waals surface area contributed by atoms with Gasteiger partial charge in [0.25, 0.3) is 0 Å². The van der Waals surface area contributed by atoms with E-state index in [0.717, 1.165) is 12.1 Å². The van der Waals surface area contributed by atoms with Crippen LogP contribution in [-0.2, 0) is 4.79 Å². The highest BCUT2D eigenvalue weighted by Crippen LogP contribution is 2.33. The van der Waals surface area contributed by atoms with Crippen LogP contribution in [-0.4, -0.2) is 5.91 Å². The molecule has 0 saturated carbocycles. The Kier molecular flexibility index (Phi) is 3.32. The third-order valence-corrected chi connectivity index (χ3v) is 2.79. The normalized spacial score (nSPS) is 16.9. The van der Waals surface area contributed by atoms with Crippen molar-refractivity contribution in [1.82, 2.24) is 5.32 Å². The molecule has 16 heavy (non-hydrogen) atoms. The van der Waals surface area contributed by atoms with Crippen LogP contribution >= 0.6 is 0 Å². The van der Waals surface area contributed by atoms with E-state index in [-0.39, 0.29) is 16.7 Å². The predicted molar refractivity (Wildman–Crippen MR) is 67.8 cm³/mol. The lowest BCUT2D eigenvalue weighted by molar-refractivity contribution is -0.127. The smallest absolute Gasteiger partial charge is 0.229 e. The highest BCUT2D eigenvalue weighted by molar-refractivity contribution is 5.83. The summed E-state index contributed by atoms with van der Waals surface area (Å²) in [6, 6.07) is 0. The molecule has 0 bridgehead atoms. The first-order valence-electron chi connectivity index (χ1n) is 5.82. The average Bonchev–Trinajstić information content (AvgIpc) is 2.49. The summed E-state index contributed by atoms with van der Waals surface area (Å²) >= 11 is 0. The van der Waals surface area contributed by atoms with E-state index in [2.05, 4.69) is 32.2 Å². The number of nitrogens with one attached hydrogen (secondary N) is 1. The fraction of sp³-hybridized carbons (Fsp3) is 0.643. The van der Waals surface area contributed by atoms with Crippen LogP contribution in [0.2, 0.25) is 0 Å². The van der Waals surface area contributed by atoms with Gasteiger partial charge in [0.05, 0.1) is 0 Å². The Morgan fingerprint density at radius 3 is 2.06 bits per heavy atom. The van der Waals surface area contributed by atoms with E-state index in [4.69, 9.17) is 0 Å². The molecule has 1 N–H and O–H groups in total. The number of carbonyl (C=O) groups excluding carboxylic acids is 1. The van der Waals surface area contributed by atoms with E-state index in [0.29, 0.717) is 0 Å². The van der Waals surface area contributed by atoms with E-state index in [1.165, 1.54) is 5.57 Å². The predicted octanol–water partition coefficient (Wildman–Crippen LogP) is 3.41. The molecule has 0 aromatic heterocycles. The zero-order valence-electron chi connectivity index (χ0n) is 11.3. The minimum atomic E-state index is -0.328. The Balaban J connectivity index is 2.56. The van der Waals surface area contributed by atoms with Gasteiger partial charge in [-0.3, -0.25) is 4.79 Å². The largest absolute Gasteiger partial charge is 0.329 e. The van der Waals surface area contributed by atoms with Gasteiger partial charge in [-0.1, -0.05) is 53.2 Å². The zero-order valence-corrected chi connectivity index (χ0v) is 11.3. The molecule has 0 saturated heterocycles. The van der Waals surface area contributed by atoms with Crippen LogP contribution in [0.1, 0.15) is 48.0 Å². The molecule has 0 aromatic rings. The monoisotopic (exact) mass is 221 g/mol. The maximum Gasteiger partial charge on any atom is 0.229 e. The van der Waals surface area contributed by atoms with Crippen molar-refractivity contribution in [3.8, 4) is 0 Å². The van der Waals surface area contributed by atoms with Crippen LogP contribution in [0.15, 0.2) is 23.4 Å². The first-order valence-corrected chi connectivity index (χ1v) is 5.82. The summed E-state index contributed by atoms with van der Waals surface area (Å²) < 4.78 is 0. The molecular formula is C14H23NO. The van der Waals surface area contributed by atoms with Crippen LogP contribution < -0.4 is 5.32 Å². The summed E-state index contributed by atoms with van der Waals surface area (Å²) in [5, 5.41) is 2.99. The minimum absolute atomic E-state index is 0.0855. The molecule has 0 radical (unpaired) electrons.